The molecule has 1 unspecified atom stereocenters. The number of nitrogens with zero attached hydrogens (tertiary/aromatic N) is 2. The van der Waals surface area contributed by atoms with Crippen LogP contribution in [0.3, 0.4) is 0 Å². The second kappa shape index (κ2) is 5.87. The van der Waals surface area contributed by atoms with Gasteiger partial charge in [0.05, 0.1) is 19.0 Å². The third-order valence-corrected chi connectivity index (χ3v) is 2.91. The van der Waals surface area contributed by atoms with Crippen LogP contribution < -0.4 is 11.5 Å². The van der Waals surface area contributed by atoms with Crippen LogP contribution >= 0.6 is 12.0 Å². The first-order valence-electron chi connectivity index (χ1n) is 4.91. The molecular weight excluding hydrogens is 212 g/mol. The van der Waals surface area contributed by atoms with E-state index in [2.05, 4.69) is 12.0 Å². The zero-order chi connectivity index (χ0) is 11.3. The van der Waals surface area contributed by atoms with Crippen molar-refractivity contribution in [2.45, 2.75) is 31.6 Å². The summed E-state index contributed by atoms with van der Waals surface area (Å²) in [5.41, 5.74) is 11.9. The molecule has 1 atom stereocenters. The van der Waals surface area contributed by atoms with Gasteiger partial charge in [0.2, 0.25) is 0 Å². The van der Waals surface area contributed by atoms with Crippen molar-refractivity contribution < 1.29 is 4.18 Å². The van der Waals surface area contributed by atoms with E-state index in [4.69, 9.17) is 15.7 Å². The quantitative estimate of drug-likeness (QED) is 0.724. The standard InChI is InChI=1S/C9H18N4OS/c1-7(15-14-2)4-3-5-13-9(11)8(10)6-12-13/h6-7H,3-5,10-11H2,1-2H3. The van der Waals surface area contributed by atoms with Crippen LogP contribution in [0.4, 0.5) is 11.5 Å². The summed E-state index contributed by atoms with van der Waals surface area (Å²) in [4.78, 5) is 0. The first-order chi connectivity index (χ1) is 7.15. The van der Waals surface area contributed by atoms with Crippen molar-refractivity contribution in [3.05, 3.63) is 6.20 Å². The molecule has 15 heavy (non-hydrogen) atoms. The molecule has 0 fully saturated rings. The summed E-state index contributed by atoms with van der Waals surface area (Å²) in [6.45, 7) is 2.94. The van der Waals surface area contributed by atoms with Crippen LogP contribution in [0.25, 0.3) is 0 Å². The molecule has 1 aromatic rings. The Balaban J connectivity index is 2.29. The Hall–Kier alpha value is -0.880. The molecule has 0 bridgehead atoms. The fourth-order valence-corrected chi connectivity index (χ4v) is 1.92. The van der Waals surface area contributed by atoms with E-state index < -0.39 is 0 Å². The molecule has 1 rings (SSSR count). The highest BCUT2D eigenvalue weighted by atomic mass is 32.2. The van der Waals surface area contributed by atoms with Crippen molar-refractivity contribution in [3.8, 4) is 0 Å². The Kier molecular flexibility index (Phi) is 4.77. The third-order valence-electron chi connectivity index (χ3n) is 2.15. The van der Waals surface area contributed by atoms with Gasteiger partial charge >= 0.3 is 0 Å². The summed E-state index contributed by atoms with van der Waals surface area (Å²) >= 11 is 1.49. The molecule has 0 saturated carbocycles. The molecule has 0 radical (unpaired) electrons. The van der Waals surface area contributed by atoms with Crippen LogP contribution in [0, 0.1) is 0 Å². The van der Waals surface area contributed by atoms with Crippen LogP contribution in [0.5, 0.6) is 0 Å². The molecule has 6 heteroatoms. The molecule has 0 saturated heterocycles. The first-order valence-corrected chi connectivity index (χ1v) is 5.72. The highest BCUT2D eigenvalue weighted by molar-refractivity contribution is 7.95. The number of rotatable bonds is 6. The predicted octanol–water partition coefficient (Wildman–Crippen LogP) is 1.51. The molecule has 1 aromatic heterocycles. The monoisotopic (exact) mass is 230 g/mol. The van der Waals surface area contributed by atoms with Crippen LogP contribution in [0.1, 0.15) is 19.8 Å². The van der Waals surface area contributed by atoms with Gasteiger partial charge in [0.1, 0.15) is 5.82 Å². The highest BCUT2D eigenvalue weighted by Gasteiger charge is 2.05. The Bertz CT molecular complexity index is 302. The minimum atomic E-state index is 0.490. The molecule has 0 aliphatic heterocycles. The van der Waals surface area contributed by atoms with Gasteiger partial charge in [-0.1, -0.05) is 6.92 Å². The van der Waals surface area contributed by atoms with Crippen molar-refractivity contribution in [1.82, 2.24) is 9.78 Å². The smallest absolute Gasteiger partial charge is 0.145 e. The van der Waals surface area contributed by atoms with Gasteiger partial charge in [-0.2, -0.15) is 5.10 Å². The average Bonchev–Trinajstić information content (AvgIpc) is 2.50. The number of hydrogen-bond donors (Lipinski definition) is 2. The first kappa shape index (κ1) is 12.2. The van der Waals surface area contributed by atoms with Crippen LogP contribution in [0.2, 0.25) is 0 Å². The minimum absolute atomic E-state index is 0.490. The van der Waals surface area contributed by atoms with E-state index in [0.717, 1.165) is 19.4 Å². The maximum Gasteiger partial charge on any atom is 0.145 e. The number of aromatic nitrogens is 2. The fraction of sp³-hybridized carbons (Fsp3) is 0.667. The third kappa shape index (κ3) is 3.64. The second-order valence-corrected chi connectivity index (χ2v) is 4.75. The molecular formula is C9H18N4OS. The highest BCUT2D eigenvalue weighted by Crippen LogP contribution is 2.17. The van der Waals surface area contributed by atoms with E-state index in [0.29, 0.717) is 16.8 Å². The maximum atomic E-state index is 5.72. The maximum absolute atomic E-state index is 5.72. The zero-order valence-electron chi connectivity index (χ0n) is 9.14. The lowest BCUT2D eigenvalue weighted by Gasteiger charge is -2.09. The summed E-state index contributed by atoms with van der Waals surface area (Å²) < 4.78 is 6.72. The van der Waals surface area contributed by atoms with Crippen LogP contribution in [-0.4, -0.2) is 22.1 Å². The van der Waals surface area contributed by atoms with E-state index in [-0.39, 0.29) is 0 Å². The largest absolute Gasteiger partial charge is 0.394 e. The van der Waals surface area contributed by atoms with Gasteiger partial charge in [0.25, 0.3) is 0 Å². The van der Waals surface area contributed by atoms with Crippen molar-refractivity contribution >= 4 is 23.5 Å². The molecule has 0 aromatic carbocycles. The van der Waals surface area contributed by atoms with Gasteiger partial charge in [-0.25, -0.2) is 4.68 Å². The molecule has 0 spiro atoms. The summed E-state index contributed by atoms with van der Waals surface area (Å²) in [6, 6.07) is 0. The Morgan fingerprint density at radius 1 is 1.60 bits per heavy atom. The Morgan fingerprint density at radius 3 is 2.87 bits per heavy atom. The van der Waals surface area contributed by atoms with E-state index in [1.54, 1.807) is 18.0 Å². The van der Waals surface area contributed by atoms with Crippen molar-refractivity contribution in [2.24, 2.45) is 0 Å². The van der Waals surface area contributed by atoms with Crippen molar-refractivity contribution in [2.75, 3.05) is 18.6 Å². The lowest BCUT2D eigenvalue weighted by molar-refractivity contribution is 0.478. The van der Waals surface area contributed by atoms with Crippen molar-refractivity contribution in [1.29, 1.82) is 0 Å². The van der Waals surface area contributed by atoms with E-state index >= 15 is 0 Å². The van der Waals surface area contributed by atoms with Crippen LogP contribution in [0.15, 0.2) is 6.20 Å². The molecule has 4 N–H and O–H groups in total. The number of nitrogen functional groups attached to an aromatic ring is 2. The molecule has 86 valence electrons. The molecule has 1 heterocycles. The number of nitrogens with two attached hydrogens (primary N) is 2. The summed E-state index contributed by atoms with van der Waals surface area (Å²) in [5.74, 6) is 0.557. The van der Waals surface area contributed by atoms with Gasteiger partial charge in [-0.05, 0) is 24.9 Å². The second-order valence-electron chi connectivity index (χ2n) is 3.42. The SMILES string of the molecule is COSC(C)CCCn1ncc(N)c1N. The minimum Gasteiger partial charge on any atom is -0.394 e. The average molecular weight is 230 g/mol. The van der Waals surface area contributed by atoms with Gasteiger partial charge in [0.15, 0.2) is 0 Å². The van der Waals surface area contributed by atoms with Gasteiger partial charge in [0, 0.05) is 11.8 Å². The van der Waals surface area contributed by atoms with Gasteiger partial charge < -0.3 is 15.7 Å². The molecule has 0 aliphatic carbocycles. The number of hydrogen-bond acceptors (Lipinski definition) is 5. The Morgan fingerprint density at radius 2 is 2.33 bits per heavy atom. The van der Waals surface area contributed by atoms with E-state index in [1.807, 2.05) is 0 Å². The lowest BCUT2D eigenvalue weighted by atomic mass is 10.2. The van der Waals surface area contributed by atoms with Gasteiger partial charge in [-0.15, -0.1) is 0 Å². The normalized spacial score (nSPS) is 12.9. The number of aryl methyl sites for hydroxylation is 1. The zero-order valence-corrected chi connectivity index (χ0v) is 9.96. The predicted molar refractivity (Wildman–Crippen MR) is 64.3 cm³/mol. The topological polar surface area (TPSA) is 79.1 Å². The summed E-state index contributed by atoms with van der Waals surface area (Å²) in [5, 5.41) is 4.58. The van der Waals surface area contributed by atoms with Crippen molar-refractivity contribution in [3.63, 3.8) is 0 Å². The fourth-order valence-electron chi connectivity index (χ4n) is 1.33. The molecule has 0 aliphatic rings. The molecule has 0 amide bonds. The Labute approximate surface area is 94.4 Å². The van der Waals surface area contributed by atoms with E-state index in [9.17, 15) is 0 Å². The van der Waals surface area contributed by atoms with Gasteiger partial charge in [-0.3, -0.25) is 0 Å². The summed E-state index contributed by atoms with van der Waals surface area (Å²) in [7, 11) is 1.69. The number of anilines is 2. The molecule has 5 nitrogen and oxygen atoms in total. The van der Waals surface area contributed by atoms with Crippen LogP contribution in [-0.2, 0) is 10.7 Å². The lowest BCUT2D eigenvalue weighted by Crippen LogP contribution is -2.07. The summed E-state index contributed by atoms with van der Waals surface area (Å²) in [6.07, 6.45) is 3.67. The van der Waals surface area contributed by atoms with E-state index in [1.165, 1.54) is 12.0 Å².